The zero-order valence-corrected chi connectivity index (χ0v) is 14.0. The standard InChI is InChI=1S/C19H20N2O4/c1-2-21(15-6-4-3-5-7-15)19(23)11-18(22)20-12-14-8-9-16-17(10-14)25-13-24-16/h3-10H,2,11-13H2,1H3,(H,20,22). The molecule has 2 aromatic rings. The van der Waals surface area contributed by atoms with Crippen LogP contribution in [-0.2, 0) is 16.1 Å². The van der Waals surface area contributed by atoms with Crippen LogP contribution in [0.4, 0.5) is 5.69 Å². The molecule has 0 spiro atoms. The van der Waals surface area contributed by atoms with E-state index in [1.807, 2.05) is 55.5 Å². The molecule has 2 amide bonds. The van der Waals surface area contributed by atoms with Crippen molar-refractivity contribution in [1.29, 1.82) is 0 Å². The molecule has 1 aliphatic heterocycles. The zero-order chi connectivity index (χ0) is 17.6. The Bertz CT molecular complexity index is 761. The van der Waals surface area contributed by atoms with Gasteiger partial charge in [-0.3, -0.25) is 9.59 Å². The highest BCUT2D eigenvalue weighted by molar-refractivity contribution is 6.04. The van der Waals surface area contributed by atoms with Gasteiger partial charge in [0.1, 0.15) is 6.42 Å². The number of hydrogen-bond donors (Lipinski definition) is 1. The number of nitrogens with one attached hydrogen (secondary N) is 1. The van der Waals surface area contributed by atoms with Crippen LogP contribution >= 0.6 is 0 Å². The number of rotatable bonds is 6. The average molecular weight is 340 g/mol. The summed E-state index contributed by atoms with van der Waals surface area (Å²) in [4.78, 5) is 26.1. The highest BCUT2D eigenvalue weighted by atomic mass is 16.7. The van der Waals surface area contributed by atoms with Gasteiger partial charge in [0.05, 0.1) is 0 Å². The monoisotopic (exact) mass is 340 g/mol. The fourth-order valence-corrected chi connectivity index (χ4v) is 2.66. The summed E-state index contributed by atoms with van der Waals surface area (Å²) in [6.45, 7) is 2.94. The predicted molar refractivity (Wildman–Crippen MR) is 93.5 cm³/mol. The third kappa shape index (κ3) is 4.09. The molecule has 0 bridgehead atoms. The number of fused-ring (bicyclic) bond motifs is 1. The Balaban J connectivity index is 1.54. The third-order valence-electron chi connectivity index (χ3n) is 3.92. The van der Waals surface area contributed by atoms with Crippen LogP contribution in [0.5, 0.6) is 11.5 Å². The lowest BCUT2D eigenvalue weighted by Crippen LogP contribution is -2.35. The molecule has 3 rings (SSSR count). The van der Waals surface area contributed by atoms with E-state index in [0.717, 1.165) is 11.3 Å². The molecule has 0 atom stereocenters. The maximum atomic E-state index is 12.4. The molecule has 0 aromatic heterocycles. The summed E-state index contributed by atoms with van der Waals surface area (Å²) in [5.41, 5.74) is 1.68. The minimum absolute atomic E-state index is 0.187. The van der Waals surface area contributed by atoms with Crippen LogP contribution in [0.2, 0.25) is 0 Å². The maximum Gasteiger partial charge on any atom is 0.236 e. The van der Waals surface area contributed by atoms with Gasteiger partial charge < -0.3 is 19.7 Å². The van der Waals surface area contributed by atoms with Crippen molar-refractivity contribution in [2.75, 3.05) is 18.2 Å². The first-order valence-electron chi connectivity index (χ1n) is 8.18. The number of ether oxygens (including phenoxy) is 2. The van der Waals surface area contributed by atoms with Crippen LogP contribution in [0.25, 0.3) is 0 Å². The highest BCUT2D eigenvalue weighted by Gasteiger charge is 2.18. The molecule has 0 radical (unpaired) electrons. The van der Waals surface area contributed by atoms with E-state index in [4.69, 9.17) is 9.47 Å². The van der Waals surface area contributed by atoms with Crippen molar-refractivity contribution in [2.45, 2.75) is 19.9 Å². The molecule has 130 valence electrons. The van der Waals surface area contributed by atoms with Gasteiger partial charge in [0.15, 0.2) is 11.5 Å². The summed E-state index contributed by atoms with van der Waals surface area (Å²) >= 11 is 0. The molecule has 25 heavy (non-hydrogen) atoms. The van der Waals surface area contributed by atoms with Gasteiger partial charge >= 0.3 is 0 Å². The molecule has 1 N–H and O–H groups in total. The number of benzene rings is 2. The van der Waals surface area contributed by atoms with Gasteiger partial charge in [0.25, 0.3) is 0 Å². The van der Waals surface area contributed by atoms with Crippen molar-refractivity contribution in [2.24, 2.45) is 0 Å². The number of nitrogens with zero attached hydrogens (tertiary/aromatic N) is 1. The molecule has 1 aliphatic rings. The van der Waals surface area contributed by atoms with Crippen LogP contribution in [0.15, 0.2) is 48.5 Å². The summed E-state index contributed by atoms with van der Waals surface area (Å²) in [5, 5.41) is 2.77. The average Bonchev–Trinajstić information content (AvgIpc) is 3.09. The molecule has 2 aromatic carbocycles. The normalized spacial score (nSPS) is 11.9. The number of para-hydroxylation sites is 1. The smallest absolute Gasteiger partial charge is 0.236 e. The quantitative estimate of drug-likeness (QED) is 0.821. The number of carbonyl (C=O) groups excluding carboxylic acids is 2. The molecular formula is C19H20N2O4. The first kappa shape index (κ1) is 16.8. The second kappa shape index (κ2) is 7.70. The van der Waals surface area contributed by atoms with Gasteiger partial charge in [-0.25, -0.2) is 0 Å². The van der Waals surface area contributed by atoms with Gasteiger partial charge in [-0.2, -0.15) is 0 Å². The zero-order valence-electron chi connectivity index (χ0n) is 14.0. The Hall–Kier alpha value is -3.02. The van der Waals surface area contributed by atoms with Crippen LogP contribution in [0, 0.1) is 0 Å². The van der Waals surface area contributed by atoms with Crippen molar-refractivity contribution in [3.05, 3.63) is 54.1 Å². The van der Waals surface area contributed by atoms with E-state index < -0.39 is 0 Å². The van der Waals surface area contributed by atoms with Gasteiger partial charge in [-0.15, -0.1) is 0 Å². The molecule has 0 fully saturated rings. The van der Waals surface area contributed by atoms with Crippen molar-refractivity contribution >= 4 is 17.5 Å². The van der Waals surface area contributed by atoms with Crippen molar-refractivity contribution < 1.29 is 19.1 Å². The van der Waals surface area contributed by atoms with E-state index in [-0.39, 0.29) is 25.0 Å². The van der Waals surface area contributed by atoms with Gasteiger partial charge in [-0.05, 0) is 36.8 Å². The van der Waals surface area contributed by atoms with Crippen LogP contribution in [0.3, 0.4) is 0 Å². The lowest BCUT2D eigenvalue weighted by molar-refractivity contribution is -0.128. The molecule has 0 unspecified atom stereocenters. The van der Waals surface area contributed by atoms with Gasteiger partial charge in [0, 0.05) is 18.8 Å². The Labute approximate surface area is 146 Å². The van der Waals surface area contributed by atoms with Crippen LogP contribution in [0.1, 0.15) is 18.9 Å². The molecule has 6 nitrogen and oxygen atoms in total. The first-order chi connectivity index (χ1) is 12.2. The van der Waals surface area contributed by atoms with Crippen molar-refractivity contribution in [1.82, 2.24) is 5.32 Å². The largest absolute Gasteiger partial charge is 0.454 e. The Morgan fingerprint density at radius 2 is 1.84 bits per heavy atom. The van der Waals surface area contributed by atoms with E-state index in [0.29, 0.717) is 24.6 Å². The molecule has 1 heterocycles. The van der Waals surface area contributed by atoms with E-state index in [9.17, 15) is 9.59 Å². The summed E-state index contributed by atoms with van der Waals surface area (Å²) in [7, 11) is 0. The van der Waals surface area contributed by atoms with Crippen LogP contribution in [-0.4, -0.2) is 25.2 Å². The molecular weight excluding hydrogens is 320 g/mol. The summed E-state index contributed by atoms with van der Waals surface area (Å²) in [5.74, 6) is 0.838. The van der Waals surface area contributed by atoms with E-state index in [1.165, 1.54) is 0 Å². The fourth-order valence-electron chi connectivity index (χ4n) is 2.66. The van der Waals surface area contributed by atoms with E-state index in [2.05, 4.69) is 5.32 Å². The van der Waals surface area contributed by atoms with E-state index >= 15 is 0 Å². The van der Waals surface area contributed by atoms with E-state index in [1.54, 1.807) is 4.90 Å². The molecule has 0 saturated carbocycles. The van der Waals surface area contributed by atoms with Crippen molar-refractivity contribution in [3.63, 3.8) is 0 Å². The highest BCUT2D eigenvalue weighted by Crippen LogP contribution is 2.32. The molecule has 0 saturated heterocycles. The minimum Gasteiger partial charge on any atom is -0.454 e. The lowest BCUT2D eigenvalue weighted by Gasteiger charge is -2.20. The summed E-state index contributed by atoms with van der Waals surface area (Å²) in [6.07, 6.45) is -0.187. The third-order valence-corrected chi connectivity index (χ3v) is 3.92. The topological polar surface area (TPSA) is 67.9 Å². The predicted octanol–water partition coefficient (Wildman–Crippen LogP) is 2.47. The molecule has 0 aliphatic carbocycles. The number of anilines is 1. The summed E-state index contributed by atoms with van der Waals surface area (Å²) < 4.78 is 10.6. The first-order valence-corrected chi connectivity index (χ1v) is 8.18. The van der Waals surface area contributed by atoms with Crippen LogP contribution < -0.4 is 19.7 Å². The number of hydrogen-bond acceptors (Lipinski definition) is 4. The Morgan fingerprint density at radius 1 is 1.08 bits per heavy atom. The maximum absolute atomic E-state index is 12.4. The fraction of sp³-hybridized carbons (Fsp3) is 0.263. The van der Waals surface area contributed by atoms with Crippen molar-refractivity contribution in [3.8, 4) is 11.5 Å². The Morgan fingerprint density at radius 3 is 2.60 bits per heavy atom. The summed E-state index contributed by atoms with van der Waals surface area (Å²) in [6, 6.07) is 14.8. The van der Waals surface area contributed by atoms with Gasteiger partial charge in [-0.1, -0.05) is 24.3 Å². The number of amides is 2. The lowest BCUT2D eigenvalue weighted by atomic mass is 10.2. The number of carbonyl (C=O) groups is 2. The second-order valence-electron chi connectivity index (χ2n) is 5.61. The SMILES string of the molecule is CCN(C(=O)CC(=O)NCc1ccc2c(c1)OCO2)c1ccccc1. The Kier molecular flexibility index (Phi) is 5.18. The van der Waals surface area contributed by atoms with Gasteiger partial charge in [0.2, 0.25) is 18.6 Å². The minimum atomic E-state index is -0.308. The molecule has 6 heteroatoms. The second-order valence-corrected chi connectivity index (χ2v) is 5.61.